The molecule has 1 aliphatic heterocycles. The first kappa shape index (κ1) is 22.2. The number of rotatable bonds is 6. The molecule has 1 atom stereocenters. The van der Waals surface area contributed by atoms with E-state index in [9.17, 15) is 14.7 Å². The lowest BCUT2D eigenvalue weighted by Gasteiger charge is -2.27. The maximum Gasteiger partial charge on any atom is 0.294 e. The van der Waals surface area contributed by atoms with Crippen molar-refractivity contribution >= 4 is 34.0 Å². The Balaban J connectivity index is 1.63. The molecule has 0 spiro atoms. The summed E-state index contributed by atoms with van der Waals surface area (Å²) in [6.45, 7) is 0. The first-order valence-electron chi connectivity index (χ1n) is 11.0. The molecule has 1 aliphatic rings. The highest BCUT2D eigenvalue weighted by atomic mass is 16.5. The molecule has 0 saturated carbocycles. The molecule has 5 rings (SSSR count). The van der Waals surface area contributed by atoms with Crippen molar-refractivity contribution in [2.24, 2.45) is 0 Å². The van der Waals surface area contributed by atoms with E-state index in [0.29, 0.717) is 28.0 Å². The molecule has 2 aromatic carbocycles. The molecular weight excluding hydrogens is 446 g/mol. The van der Waals surface area contributed by atoms with Crippen LogP contribution < -0.4 is 14.5 Å². The highest BCUT2D eigenvalue weighted by Crippen LogP contribution is 2.42. The number of Topliss-reactive ketones (excluding diaryl/α,β-unsaturated/α-hetero) is 1. The Morgan fingerprint density at radius 2 is 1.89 bits per heavy atom. The van der Waals surface area contributed by atoms with Gasteiger partial charge in [-0.2, -0.15) is 0 Å². The average molecular weight is 469 g/mol. The number of aliphatic hydroxyl groups excluding tert-OH is 1. The van der Waals surface area contributed by atoms with Gasteiger partial charge >= 0.3 is 0 Å². The number of aliphatic hydroxyl groups is 1. The SMILES string of the molecule is COc1cccc2cc(C(=O)C3=C(O)C(=O)N(c4ccc(N(C)C)cc4)C3c3cccnc3)oc12. The van der Waals surface area contributed by atoms with Crippen molar-refractivity contribution < 1.29 is 23.8 Å². The van der Waals surface area contributed by atoms with Gasteiger partial charge in [0.2, 0.25) is 5.78 Å². The Morgan fingerprint density at radius 3 is 2.54 bits per heavy atom. The summed E-state index contributed by atoms with van der Waals surface area (Å²) in [6, 6.07) is 16.8. The summed E-state index contributed by atoms with van der Waals surface area (Å²) >= 11 is 0. The number of amides is 1. The van der Waals surface area contributed by atoms with Crippen LogP contribution in [0.4, 0.5) is 11.4 Å². The van der Waals surface area contributed by atoms with Crippen LogP contribution in [0.25, 0.3) is 11.0 Å². The molecule has 4 aromatic rings. The second-order valence-electron chi connectivity index (χ2n) is 8.36. The zero-order valence-electron chi connectivity index (χ0n) is 19.4. The van der Waals surface area contributed by atoms with Crippen molar-refractivity contribution in [1.82, 2.24) is 4.98 Å². The second-order valence-corrected chi connectivity index (χ2v) is 8.36. The molecular formula is C27H23N3O5. The molecule has 176 valence electrons. The van der Waals surface area contributed by atoms with Crippen LogP contribution in [0.2, 0.25) is 0 Å². The molecule has 0 bridgehead atoms. The van der Waals surface area contributed by atoms with E-state index in [2.05, 4.69) is 4.98 Å². The minimum absolute atomic E-state index is 0.00227. The Morgan fingerprint density at radius 1 is 1.11 bits per heavy atom. The normalized spacial score (nSPS) is 15.7. The number of aromatic nitrogens is 1. The van der Waals surface area contributed by atoms with E-state index < -0.39 is 23.5 Å². The van der Waals surface area contributed by atoms with Crippen LogP contribution in [0.3, 0.4) is 0 Å². The van der Waals surface area contributed by atoms with Crippen LogP contribution in [-0.2, 0) is 4.79 Å². The zero-order chi connectivity index (χ0) is 24.7. The third-order valence-electron chi connectivity index (χ3n) is 6.05. The van der Waals surface area contributed by atoms with E-state index in [4.69, 9.17) is 9.15 Å². The summed E-state index contributed by atoms with van der Waals surface area (Å²) in [4.78, 5) is 34.5. The Kier molecular flexibility index (Phi) is 5.49. The largest absolute Gasteiger partial charge is 0.503 e. The van der Waals surface area contributed by atoms with Gasteiger partial charge in [0.25, 0.3) is 5.91 Å². The molecule has 8 heteroatoms. The monoisotopic (exact) mass is 469 g/mol. The molecule has 0 fully saturated rings. The van der Waals surface area contributed by atoms with E-state index >= 15 is 0 Å². The van der Waals surface area contributed by atoms with Gasteiger partial charge in [0.1, 0.15) is 0 Å². The van der Waals surface area contributed by atoms with Gasteiger partial charge in [-0.05, 0) is 48.0 Å². The summed E-state index contributed by atoms with van der Waals surface area (Å²) in [7, 11) is 5.35. The number of methoxy groups -OCH3 is 1. The van der Waals surface area contributed by atoms with Crippen LogP contribution in [0, 0.1) is 0 Å². The first-order valence-corrected chi connectivity index (χ1v) is 11.0. The molecule has 3 heterocycles. The van der Waals surface area contributed by atoms with Crippen LogP contribution in [0.15, 0.2) is 88.8 Å². The lowest BCUT2D eigenvalue weighted by atomic mass is 9.96. The number of pyridine rings is 1. The van der Waals surface area contributed by atoms with Crippen LogP contribution in [0.1, 0.15) is 22.2 Å². The smallest absolute Gasteiger partial charge is 0.294 e. The Hall–Kier alpha value is -4.59. The number of hydrogen-bond donors (Lipinski definition) is 1. The van der Waals surface area contributed by atoms with Crippen molar-refractivity contribution in [2.45, 2.75) is 6.04 Å². The van der Waals surface area contributed by atoms with E-state index in [1.165, 1.54) is 12.0 Å². The topological polar surface area (TPSA) is 96.1 Å². The fourth-order valence-corrected chi connectivity index (χ4v) is 4.31. The van der Waals surface area contributed by atoms with Crippen molar-refractivity contribution in [3.8, 4) is 5.75 Å². The highest BCUT2D eigenvalue weighted by molar-refractivity contribution is 6.20. The Labute approximate surface area is 201 Å². The molecule has 2 aromatic heterocycles. The number of ether oxygens (including phenoxy) is 1. The summed E-state index contributed by atoms with van der Waals surface area (Å²) in [5.41, 5.74) is 2.41. The second kappa shape index (κ2) is 8.64. The summed E-state index contributed by atoms with van der Waals surface area (Å²) in [5.74, 6) is -1.40. The minimum atomic E-state index is -0.885. The van der Waals surface area contributed by atoms with E-state index in [0.717, 1.165) is 5.69 Å². The lowest BCUT2D eigenvalue weighted by Crippen LogP contribution is -2.31. The molecule has 0 aliphatic carbocycles. The first-order chi connectivity index (χ1) is 16.9. The number of carbonyl (C=O) groups excluding carboxylic acids is 2. The minimum Gasteiger partial charge on any atom is -0.503 e. The number of carbonyl (C=O) groups is 2. The van der Waals surface area contributed by atoms with E-state index in [-0.39, 0.29) is 11.3 Å². The van der Waals surface area contributed by atoms with Gasteiger partial charge in [-0.3, -0.25) is 19.5 Å². The number of nitrogens with zero attached hydrogens (tertiary/aromatic N) is 3. The highest BCUT2D eigenvalue weighted by Gasteiger charge is 2.45. The molecule has 0 radical (unpaired) electrons. The maximum absolute atomic E-state index is 13.7. The molecule has 35 heavy (non-hydrogen) atoms. The number of furan rings is 1. The number of benzene rings is 2. The third-order valence-corrected chi connectivity index (χ3v) is 6.05. The quantitative estimate of drug-likeness (QED) is 0.410. The fourth-order valence-electron chi connectivity index (χ4n) is 4.31. The van der Waals surface area contributed by atoms with Gasteiger partial charge in [0, 0.05) is 43.3 Å². The maximum atomic E-state index is 13.7. The zero-order valence-corrected chi connectivity index (χ0v) is 19.4. The van der Waals surface area contributed by atoms with E-state index in [1.807, 2.05) is 31.1 Å². The lowest BCUT2D eigenvalue weighted by molar-refractivity contribution is -0.117. The predicted molar refractivity (Wildman–Crippen MR) is 132 cm³/mol. The van der Waals surface area contributed by atoms with Crippen LogP contribution in [-0.4, -0.2) is 43.0 Å². The standard InChI is InChI=1S/C27H23N3O5/c1-29(2)18-9-11-19(12-10-18)30-23(17-7-5-13-28-15-17)22(25(32)27(30)33)24(31)21-14-16-6-4-8-20(34-3)26(16)35-21/h4-15,23,32H,1-3H3. The average Bonchev–Trinajstić information content (AvgIpc) is 3.43. The molecule has 1 amide bonds. The Bertz CT molecular complexity index is 1460. The van der Waals surface area contributed by atoms with Gasteiger partial charge in [-0.15, -0.1) is 0 Å². The number of ketones is 1. The summed E-state index contributed by atoms with van der Waals surface area (Å²) < 4.78 is 11.2. The summed E-state index contributed by atoms with van der Waals surface area (Å²) in [5, 5.41) is 11.6. The third kappa shape index (κ3) is 3.69. The fraction of sp³-hybridized carbons (Fsp3) is 0.148. The van der Waals surface area contributed by atoms with Crippen LogP contribution >= 0.6 is 0 Å². The van der Waals surface area contributed by atoms with Crippen molar-refractivity contribution in [1.29, 1.82) is 0 Å². The number of fused-ring (bicyclic) bond motifs is 1. The summed E-state index contributed by atoms with van der Waals surface area (Å²) in [6.07, 6.45) is 3.18. The van der Waals surface area contributed by atoms with E-state index in [1.54, 1.807) is 60.9 Å². The molecule has 1 N–H and O–H groups in total. The van der Waals surface area contributed by atoms with Gasteiger partial charge in [-0.1, -0.05) is 18.2 Å². The van der Waals surface area contributed by atoms with Crippen LogP contribution in [0.5, 0.6) is 5.75 Å². The number of hydrogen-bond acceptors (Lipinski definition) is 7. The van der Waals surface area contributed by atoms with Gasteiger partial charge in [0.05, 0.1) is 18.7 Å². The van der Waals surface area contributed by atoms with Gasteiger partial charge < -0.3 is 19.2 Å². The number of anilines is 2. The van der Waals surface area contributed by atoms with Crippen molar-refractivity contribution in [2.75, 3.05) is 31.0 Å². The molecule has 8 nitrogen and oxygen atoms in total. The molecule has 1 unspecified atom stereocenters. The number of para-hydroxylation sites is 1. The predicted octanol–water partition coefficient (Wildman–Crippen LogP) is 4.69. The van der Waals surface area contributed by atoms with Gasteiger partial charge in [-0.25, -0.2) is 0 Å². The van der Waals surface area contributed by atoms with Gasteiger partial charge in [0.15, 0.2) is 22.9 Å². The molecule has 0 saturated heterocycles. The van der Waals surface area contributed by atoms with Crippen molar-refractivity contribution in [3.63, 3.8) is 0 Å². The van der Waals surface area contributed by atoms with Crippen molar-refractivity contribution in [3.05, 3.63) is 95.7 Å².